The largest absolute Gasteiger partial charge is 0.480 e. The number of amides is 2. The lowest BCUT2D eigenvalue weighted by Crippen LogP contribution is -2.51. The fourth-order valence-electron chi connectivity index (χ4n) is 1.45. The average molecular weight is 267 g/mol. The number of hydrogen-bond acceptors (Lipinski definition) is 4. The van der Waals surface area contributed by atoms with Crippen molar-refractivity contribution >= 4 is 12.0 Å². The van der Waals surface area contributed by atoms with Crippen molar-refractivity contribution < 1.29 is 19.8 Å². The first-order valence-electron chi connectivity index (χ1n) is 5.85. The van der Waals surface area contributed by atoms with Crippen LogP contribution in [0.4, 0.5) is 4.79 Å². The van der Waals surface area contributed by atoms with Crippen molar-refractivity contribution in [1.29, 1.82) is 0 Å². The van der Waals surface area contributed by atoms with Gasteiger partial charge in [0.2, 0.25) is 0 Å². The van der Waals surface area contributed by atoms with Crippen molar-refractivity contribution in [3.8, 4) is 0 Å². The molecule has 1 aromatic heterocycles. The number of hydrogen-bond donors (Lipinski definition) is 4. The molecule has 0 saturated heterocycles. The van der Waals surface area contributed by atoms with Gasteiger partial charge in [0.1, 0.15) is 0 Å². The highest BCUT2D eigenvalue weighted by Crippen LogP contribution is 1.96. The molecule has 1 aromatic rings. The van der Waals surface area contributed by atoms with Crippen LogP contribution in [0.1, 0.15) is 12.5 Å². The Kier molecular flexibility index (Phi) is 5.74. The van der Waals surface area contributed by atoms with Gasteiger partial charge >= 0.3 is 12.0 Å². The zero-order chi connectivity index (χ0) is 14.3. The summed E-state index contributed by atoms with van der Waals surface area (Å²) >= 11 is 0. The van der Waals surface area contributed by atoms with E-state index in [1.54, 1.807) is 18.5 Å². The third-order valence-corrected chi connectivity index (χ3v) is 2.46. The minimum absolute atomic E-state index is 0.351. The number of nitrogens with one attached hydrogen (secondary N) is 2. The van der Waals surface area contributed by atoms with E-state index in [-0.39, 0.29) is 0 Å². The number of carboxylic acid groups (broad SMARTS) is 1. The van der Waals surface area contributed by atoms with Crippen LogP contribution in [0.2, 0.25) is 0 Å². The number of rotatable bonds is 6. The smallest absolute Gasteiger partial charge is 0.328 e. The second-order valence-corrected chi connectivity index (χ2v) is 4.07. The zero-order valence-corrected chi connectivity index (χ0v) is 10.5. The van der Waals surface area contributed by atoms with Gasteiger partial charge < -0.3 is 20.8 Å². The summed E-state index contributed by atoms with van der Waals surface area (Å²) in [5.41, 5.74) is 0.966. The van der Waals surface area contributed by atoms with Gasteiger partial charge in [0.05, 0.1) is 6.10 Å². The maximum atomic E-state index is 11.4. The summed E-state index contributed by atoms with van der Waals surface area (Å²) < 4.78 is 0. The number of carbonyl (C=O) groups is 2. The molecule has 0 aliphatic carbocycles. The van der Waals surface area contributed by atoms with Crippen molar-refractivity contribution in [2.24, 2.45) is 0 Å². The van der Waals surface area contributed by atoms with Crippen molar-refractivity contribution in [2.45, 2.75) is 25.5 Å². The number of aromatic nitrogens is 1. The van der Waals surface area contributed by atoms with Crippen molar-refractivity contribution in [1.82, 2.24) is 15.6 Å². The lowest BCUT2D eigenvalue weighted by Gasteiger charge is -2.17. The molecule has 0 spiro atoms. The molecule has 2 amide bonds. The van der Waals surface area contributed by atoms with Crippen LogP contribution >= 0.6 is 0 Å². The first-order chi connectivity index (χ1) is 9.00. The van der Waals surface area contributed by atoms with E-state index in [0.29, 0.717) is 13.0 Å². The van der Waals surface area contributed by atoms with Gasteiger partial charge in [0.15, 0.2) is 6.04 Å². The Morgan fingerprint density at radius 3 is 2.74 bits per heavy atom. The molecule has 0 saturated carbocycles. The summed E-state index contributed by atoms with van der Waals surface area (Å²) in [5, 5.41) is 22.7. The first kappa shape index (κ1) is 14.9. The van der Waals surface area contributed by atoms with Gasteiger partial charge in [-0.3, -0.25) is 4.98 Å². The minimum atomic E-state index is -1.32. The molecule has 0 radical (unpaired) electrons. The maximum Gasteiger partial charge on any atom is 0.328 e. The van der Waals surface area contributed by atoms with Crippen LogP contribution in [0.3, 0.4) is 0 Å². The molecule has 104 valence electrons. The van der Waals surface area contributed by atoms with E-state index in [2.05, 4.69) is 15.6 Å². The maximum absolute atomic E-state index is 11.4. The van der Waals surface area contributed by atoms with E-state index >= 15 is 0 Å². The third kappa shape index (κ3) is 5.35. The highest BCUT2D eigenvalue weighted by atomic mass is 16.4. The number of carbonyl (C=O) groups excluding carboxylic acids is 1. The molecular formula is C12H17N3O4. The molecule has 19 heavy (non-hydrogen) atoms. The number of aliphatic carboxylic acids is 1. The molecule has 0 aliphatic rings. The Morgan fingerprint density at radius 1 is 1.47 bits per heavy atom. The van der Waals surface area contributed by atoms with Gasteiger partial charge in [-0.25, -0.2) is 9.59 Å². The zero-order valence-electron chi connectivity index (χ0n) is 10.5. The molecular weight excluding hydrogens is 250 g/mol. The lowest BCUT2D eigenvalue weighted by atomic mass is 10.2. The van der Waals surface area contributed by atoms with Crippen LogP contribution in [0, 0.1) is 0 Å². The summed E-state index contributed by atoms with van der Waals surface area (Å²) in [6, 6.07) is 1.72. The fourth-order valence-corrected chi connectivity index (χ4v) is 1.45. The van der Waals surface area contributed by atoms with Gasteiger partial charge in [-0.05, 0) is 25.0 Å². The van der Waals surface area contributed by atoms with Crippen molar-refractivity contribution in [3.05, 3.63) is 30.1 Å². The molecule has 7 nitrogen and oxygen atoms in total. The summed E-state index contributed by atoms with van der Waals surface area (Å²) in [5.74, 6) is -1.28. The highest BCUT2D eigenvalue weighted by molar-refractivity contribution is 5.82. The van der Waals surface area contributed by atoms with Crippen LogP contribution < -0.4 is 10.6 Å². The SMILES string of the molecule is C[C@@H](O)[C@H](NC(=O)NCCc1cccnc1)C(=O)O. The Labute approximate surface area is 110 Å². The quantitative estimate of drug-likeness (QED) is 0.568. The minimum Gasteiger partial charge on any atom is -0.480 e. The molecule has 2 atom stereocenters. The average Bonchev–Trinajstić information content (AvgIpc) is 2.36. The third-order valence-electron chi connectivity index (χ3n) is 2.46. The summed E-state index contributed by atoms with van der Waals surface area (Å²) in [6.07, 6.45) is 2.77. The fraction of sp³-hybridized carbons (Fsp3) is 0.417. The molecule has 1 rings (SSSR count). The van der Waals surface area contributed by atoms with E-state index < -0.39 is 24.1 Å². The molecule has 0 fully saturated rings. The predicted molar refractivity (Wildman–Crippen MR) is 67.6 cm³/mol. The second kappa shape index (κ2) is 7.32. The molecule has 0 aromatic carbocycles. The van der Waals surface area contributed by atoms with E-state index in [1.807, 2.05) is 6.07 Å². The lowest BCUT2D eigenvalue weighted by molar-refractivity contribution is -0.141. The van der Waals surface area contributed by atoms with Crippen LogP contribution in [-0.2, 0) is 11.2 Å². The number of nitrogens with zero attached hydrogens (tertiary/aromatic N) is 1. The Balaban J connectivity index is 2.33. The Bertz CT molecular complexity index is 422. The van der Waals surface area contributed by atoms with Gasteiger partial charge in [-0.1, -0.05) is 6.07 Å². The molecule has 0 unspecified atom stereocenters. The van der Waals surface area contributed by atoms with Gasteiger partial charge in [0.25, 0.3) is 0 Å². The summed E-state index contributed by atoms with van der Waals surface area (Å²) in [6.45, 7) is 1.65. The van der Waals surface area contributed by atoms with Crippen LogP contribution in [0.25, 0.3) is 0 Å². The summed E-state index contributed by atoms with van der Waals surface area (Å²) in [7, 11) is 0. The predicted octanol–water partition coefficient (Wildman–Crippen LogP) is -0.243. The second-order valence-electron chi connectivity index (χ2n) is 4.07. The number of pyridine rings is 1. The van der Waals surface area contributed by atoms with Gasteiger partial charge in [-0.15, -0.1) is 0 Å². The van der Waals surface area contributed by atoms with E-state index in [0.717, 1.165) is 5.56 Å². The molecule has 1 heterocycles. The van der Waals surface area contributed by atoms with Gasteiger partial charge in [-0.2, -0.15) is 0 Å². The molecule has 4 N–H and O–H groups in total. The number of aliphatic hydroxyl groups excluding tert-OH is 1. The molecule has 0 bridgehead atoms. The Hall–Kier alpha value is -2.15. The first-order valence-corrected chi connectivity index (χ1v) is 5.85. The number of carboxylic acids is 1. The van der Waals surface area contributed by atoms with E-state index in [4.69, 9.17) is 5.11 Å². The van der Waals surface area contributed by atoms with Crippen molar-refractivity contribution in [2.75, 3.05) is 6.54 Å². The molecule has 7 heteroatoms. The summed E-state index contributed by atoms with van der Waals surface area (Å²) in [4.78, 5) is 26.1. The number of aliphatic hydroxyl groups is 1. The van der Waals surface area contributed by atoms with Gasteiger partial charge in [0, 0.05) is 18.9 Å². The highest BCUT2D eigenvalue weighted by Gasteiger charge is 2.24. The standard InChI is InChI=1S/C12H17N3O4/c1-8(16)10(11(17)18)15-12(19)14-6-4-9-3-2-5-13-7-9/h2-3,5,7-8,10,16H,4,6H2,1H3,(H,17,18)(H2,14,15,19)/t8-,10+/m1/s1. The Morgan fingerprint density at radius 2 is 2.21 bits per heavy atom. The van der Waals surface area contributed by atoms with Crippen LogP contribution in [0.5, 0.6) is 0 Å². The van der Waals surface area contributed by atoms with Crippen LogP contribution in [-0.4, -0.2) is 45.9 Å². The normalized spacial score (nSPS) is 13.4. The van der Waals surface area contributed by atoms with E-state index in [9.17, 15) is 14.7 Å². The topological polar surface area (TPSA) is 112 Å². The molecule has 0 aliphatic heterocycles. The van der Waals surface area contributed by atoms with Crippen LogP contribution in [0.15, 0.2) is 24.5 Å². The van der Waals surface area contributed by atoms with E-state index in [1.165, 1.54) is 6.92 Å². The monoisotopic (exact) mass is 267 g/mol. The number of urea groups is 1. The van der Waals surface area contributed by atoms with Crippen molar-refractivity contribution in [3.63, 3.8) is 0 Å².